The zero-order chi connectivity index (χ0) is 9.26. The van der Waals surface area contributed by atoms with Gasteiger partial charge in [0.05, 0.1) is 13.2 Å². The molecule has 1 aliphatic heterocycles. The van der Waals surface area contributed by atoms with Crippen LogP contribution in [-0.4, -0.2) is 25.3 Å². The van der Waals surface area contributed by atoms with Gasteiger partial charge >= 0.3 is 5.97 Å². The highest BCUT2D eigenvalue weighted by atomic mass is 16.6. The number of epoxide rings is 1. The molecule has 0 N–H and O–H groups in total. The molecule has 0 amide bonds. The number of ether oxygens (including phenoxy) is 2. The number of rotatable bonds is 2. The molecule has 0 unspecified atom stereocenters. The summed E-state index contributed by atoms with van der Waals surface area (Å²) in [6.07, 6.45) is 6.29. The number of carbonyl (C=O) groups is 1. The van der Waals surface area contributed by atoms with Crippen LogP contribution >= 0.6 is 0 Å². The molecule has 13 heavy (non-hydrogen) atoms. The molecule has 0 spiro atoms. The van der Waals surface area contributed by atoms with Crippen LogP contribution in [0.3, 0.4) is 0 Å². The highest BCUT2D eigenvalue weighted by molar-refractivity contribution is 5.77. The van der Waals surface area contributed by atoms with Crippen LogP contribution in [0.2, 0.25) is 0 Å². The molecule has 0 aromatic carbocycles. The van der Waals surface area contributed by atoms with Crippen LogP contribution in [0.1, 0.15) is 32.1 Å². The first-order chi connectivity index (χ1) is 6.33. The van der Waals surface area contributed by atoms with Gasteiger partial charge in [-0.05, 0) is 18.8 Å². The van der Waals surface area contributed by atoms with Crippen LogP contribution in [0.4, 0.5) is 0 Å². The predicted molar refractivity (Wildman–Crippen MR) is 47.3 cm³/mol. The van der Waals surface area contributed by atoms with Crippen molar-refractivity contribution in [3.8, 4) is 0 Å². The van der Waals surface area contributed by atoms with E-state index in [1.807, 2.05) is 0 Å². The van der Waals surface area contributed by atoms with E-state index in [0.29, 0.717) is 5.92 Å². The summed E-state index contributed by atoms with van der Waals surface area (Å²) in [6, 6.07) is 0. The van der Waals surface area contributed by atoms with Crippen LogP contribution in [0, 0.1) is 5.92 Å². The first kappa shape index (κ1) is 9.00. The van der Waals surface area contributed by atoms with Crippen LogP contribution in [0.25, 0.3) is 0 Å². The third-order valence-electron chi connectivity index (χ3n) is 3.07. The van der Waals surface area contributed by atoms with Crippen molar-refractivity contribution in [2.24, 2.45) is 5.92 Å². The van der Waals surface area contributed by atoms with E-state index in [1.165, 1.54) is 39.2 Å². The molecule has 0 aromatic heterocycles. The molecule has 0 bridgehead atoms. The molecule has 1 saturated carbocycles. The SMILES string of the molecule is COC(=O)[C@@H]1O[C@@H]1C1CCCCC1. The van der Waals surface area contributed by atoms with Gasteiger partial charge in [0.25, 0.3) is 0 Å². The monoisotopic (exact) mass is 184 g/mol. The smallest absolute Gasteiger partial charge is 0.337 e. The second kappa shape index (κ2) is 3.66. The molecule has 2 rings (SSSR count). The second-order valence-electron chi connectivity index (χ2n) is 3.94. The molecular weight excluding hydrogens is 168 g/mol. The van der Waals surface area contributed by atoms with E-state index in [2.05, 4.69) is 4.74 Å². The Balaban J connectivity index is 1.81. The maximum atomic E-state index is 11.1. The maximum Gasteiger partial charge on any atom is 0.337 e. The molecule has 1 aliphatic carbocycles. The van der Waals surface area contributed by atoms with Crippen molar-refractivity contribution in [2.45, 2.75) is 44.3 Å². The zero-order valence-corrected chi connectivity index (χ0v) is 7.99. The average Bonchev–Trinajstić information content (AvgIpc) is 2.98. The van der Waals surface area contributed by atoms with Gasteiger partial charge in [-0.25, -0.2) is 4.79 Å². The first-order valence-corrected chi connectivity index (χ1v) is 5.06. The van der Waals surface area contributed by atoms with Gasteiger partial charge in [0, 0.05) is 0 Å². The molecule has 1 heterocycles. The van der Waals surface area contributed by atoms with E-state index in [9.17, 15) is 4.79 Å². The largest absolute Gasteiger partial charge is 0.467 e. The Morgan fingerprint density at radius 1 is 1.31 bits per heavy atom. The van der Waals surface area contributed by atoms with E-state index in [-0.39, 0.29) is 18.2 Å². The summed E-state index contributed by atoms with van der Waals surface area (Å²) in [6.45, 7) is 0. The van der Waals surface area contributed by atoms with Crippen molar-refractivity contribution in [3.63, 3.8) is 0 Å². The highest BCUT2D eigenvalue weighted by Gasteiger charge is 2.50. The summed E-state index contributed by atoms with van der Waals surface area (Å²) < 4.78 is 9.97. The van der Waals surface area contributed by atoms with Crippen LogP contribution in [0.5, 0.6) is 0 Å². The van der Waals surface area contributed by atoms with Crippen molar-refractivity contribution in [2.75, 3.05) is 7.11 Å². The molecule has 0 radical (unpaired) electrons. The van der Waals surface area contributed by atoms with Crippen molar-refractivity contribution >= 4 is 5.97 Å². The number of hydrogen-bond acceptors (Lipinski definition) is 3. The molecule has 2 atom stereocenters. The standard InChI is InChI=1S/C10H16O3/c1-12-10(11)9-8(13-9)7-5-3-2-4-6-7/h7-9H,2-6H2,1H3/t8-,9-/m1/s1. The lowest BCUT2D eigenvalue weighted by Crippen LogP contribution is -2.19. The Bertz CT molecular complexity index is 196. The number of carbonyl (C=O) groups excluding carboxylic acids is 1. The van der Waals surface area contributed by atoms with Gasteiger partial charge in [-0.3, -0.25) is 0 Å². The lowest BCUT2D eigenvalue weighted by molar-refractivity contribution is -0.142. The van der Waals surface area contributed by atoms with Gasteiger partial charge in [0.1, 0.15) is 0 Å². The average molecular weight is 184 g/mol. The Morgan fingerprint density at radius 2 is 2.00 bits per heavy atom. The molecule has 74 valence electrons. The summed E-state index contributed by atoms with van der Waals surface area (Å²) >= 11 is 0. The van der Waals surface area contributed by atoms with E-state index in [0.717, 1.165) is 0 Å². The summed E-state index contributed by atoms with van der Waals surface area (Å²) in [5.74, 6) is 0.411. The third kappa shape index (κ3) is 1.85. The van der Waals surface area contributed by atoms with E-state index >= 15 is 0 Å². The Hall–Kier alpha value is -0.570. The van der Waals surface area contributed by atoms with E-state index < -0.39 is 0 Å². The molecule has 0 aromatic rings. The molecule has 3 nitrogen and oxygen atoms in total. The van der Waals surface area contributed by atoms with Crippen molar-refractivity contribution in [1.29, 1.82) is 0 Å². The number of esters is 1. The predicted octanol–water partition coefficient (Wildman–Crippen LogP) is 1.51. The third-order valence-corrected chi connectivity index (χ3v) is 3.07. The Kier molecular flexibility index (Phi) is 2.54. The van der Waals surface area contributed by atoms with Crippen molar-refractivity contribution in [3.05, 3.63) is 0 Å². The first-order valence-electron chi connectivity index (χ1n) is 5.06. The van der Waals surface area contributed by atoms with E-state index in [1.54, 1.807) is 0 Å². The lowest BCUT2D eigenvalue weighted by Gasteiger charge is -2.19. The molecule has 2 fully saturated rings. The lowest BCUT2D eigenvalue weighted by atomic mass is 9.86. The fraction of sp³-hybridized carbons (Fsp3) is 0.900. The summed E-state index contributed by atoms with van der Waals surface area (Å²) in [5, 5.41) is 0. The normalized spacial score (nSPS) is 34.2. The van der Waals surface area contributed by atoms with Gasteiger partial charge in [-0.1, -0.05) is 19.3 Å². The summed E-state index contributed by atoms with van der Waals surface area (Å²) in [4.78, 5) is 11.1. The topological polar surface area (TPSA) is 38.8 Å². The van der Waals surface area contributed by atoms with Gasteiger partial charge in [0.2, 0.25) is 0 Å². The van der Waals surface area contributed by atoms with Crippen molar-refractivity contribution in [1.82, 2.24) is 0 Å². The van der Waals surface area contributed by atoms with Gasteiger partial charge in [-0.15, -0.1) is 0 Å². The minimum Gasteiger partial charge on any atom is -0.467 e. The minimum absolute atomic E-state index is 0.174. The summed E-state index contributed by atoms with van der Waals surface area (Å²) in [7, 11) is 1.42. The van der Waals surface area contributed by atoms with Gasteiger partial charge < -0.3 is 9.47 Å². The Morgan fingerprint density at radius 3 is 2.62 bits per heavy atom. The maximum absolute atomic E-state index is 11.1. The van der Waals surface area contributed by atoms with Crippen LogP contribution < -0.4 is 0 Å². The minimum atomic E-state index is -0.243. The summed E-state index contributed by atoms with van der Waals surface area (Å²) in [5.41, 5.74) is 0. The highest BCUT2D eigenvalue weighted by Crippen LogP contribution is 2.38. The fourth-order valence-corrected chi connectivity index (χ4v) is 2.25. The number of hydrogen-bond donors (Lipinski definition) is 0. The van der Waals surface area contributed by atoms with Crippen LogP contribution in [0.15, 0.2) is 0 Å². The molecule has 2 aliphatic rings. The van der Waals surface area contributed by atoms with Gasteiger partial charge in [0.15, 0.2) is 6.10 Å². The van der Waals surface area contributed by atoms with Crippen molar-refractivity contribution < 1.29 is 14.3 Å². The van der Waals surface area contributed by atoms with Crippen LogP contribution in [-0.2, 0) is 14.3 Å². The van der Waals surface area contributed by atoms with E-state index in [4.69, 9.17) is 4.74 Å². The quantitative estimate of drug-likeness (QED) is 0.482. The Labute approximate surface area is 78.4 Å². The molecule has 1 saturated heterocycles. The fourth-order valence-electron chi connectivity index (χ4n) is 2.25. The zero-order valence-electron chi connectivity index (χ0n) is 7.99. The number of methoxy groups -OCH3 is 1. The van der Waals surface area contributed by atoms with Gasteiger partial charge in [-0.2, -0.15) is 0 Å². The molecular formula is C10H16O3. The molecule has 3 heteroatoms. The second-order valence-corrected chi connectivity index (χ2v) is 3.94.